The molecule has 78 valence electrons. The van der Waals surface area contributed by atoms with E-state index in [1.54, 1.807) is 0 Å². The van der Waals surface area contributed by atoms with E-state index in [9.17, 15) is 0 Å². The van der Waals surface area contributed by atoms with E-state index in [0.29, 0.717) is 12.0 Å². The Morgan fingerprint density at radius 1 is 1.57 bits per heavy atom. The molecule has 0 radical (unpaired) electrons. The van der Waals surface area contributed by atoms with Gasteiger partial charge >= 0.3 is 0 Å². The molecular formula is C11H18N2S. The van der Waals surface area contributed by atoms with Gasteiger partial charge in [-0.1, -0.05) is 20.8 Å². The molecule has 0 aliphatic carbocycles. The molecule has 2 nitrogen and oxygen atoms in total. The Morgan fingerprint density at radius 3 is 3.00 bits per heavy atom. The Balaban J connectivity index is 2.33. The summed E-state index contributed by atoms with van der Waals surface area (Å²) < 4.78 is 0. The molecule has 3 heteroatoms. The molecule has 1 N–H and O–H groups in total. The smallest absolute Gasteiger partial charge is 0.0957 e. The number of fused-ring (bicyclic) bond motifs is 1. The van der Waals surface area contributed by atoms with Crippen LogP contribution in [0.2, 0.25) is 0 Å². The third-order valence-corrected chi connectivity index (χ3v) is 4.23. The highest BCUT2D eigenvalue weighted by molar-refractivity contribution is 7.12. The molecule has 1 atom stereocenters. The van der Waals surface area contributed by atoms with Crippen molar-refractivity contribution in [3.05, 3.63) is 15.6 Å². The fourth-order valence-electron chi connectivity index (χ4n) is 1.87. The van der Waals surface area contributed by atoms with Crippen molar-refractivity contribution in [3.63, 3.8) is 0 Å². The number of hydrogen-bond acceptors (Lipinski definition) is 3. The maximum Gasteiger partial charge on any atom is 0.0957 e. The van der Waals surface area contributed by atoms with E-state index in [2.05, 4.69) is 26.1 Å². The molecule has 2 heterocycles. The molecule has 0 aromatic carbocycles. The second kappa shape index (κ2) is 3.99. The number of nitrogens with zero attached hydrogens (tertiary/aromatic N) is 1. The molecule has 0 amide bonds. The highest BCUT2D eigenvalue weighted by Gasteiger charge is 2.23. The third-order valence-electron chi connectivity index (χ3n) is 2.72. The van der Waals surface area contributed by atoms with Crippen LogP contribution < -0.4 is 5.32 Å². The maximum atomic E-state index is 4.73. The summed E-state index contributed by atoms with van der Waals surface area (Å²) in [5, 5.41) is 4.85. The Labute approximate surface area is 89.8 Å². The zero-order valence-electron chi connectivity index (χ0n) is 9.13. The van der Waals surface area contributed by atoms with Crippen molar-refractivity contribution in [3.8, 4) is 0 Å². The molecule has 0 saturated heterocycles. The minimum Gasteiger partial charge on any atom is -0.309 e. The van der Waals surface area contributed by atoms with Crippen LogP contribution in [0, 0.1) is 0 Å². The molecule has 2 rings (SSSR count). The second-order valence-corrected chi connectivity index (χ2v) is 5.24. The van der Waals surface area contributed by atoms with E-state index in [1.807, 2.05) is 11.3 Å². The monoisotopic (exact) mass is 210 g/mol. The summed E-state index contributed by atoms with van der Waals surface area (Å²) in [4.78, 5) is 6.22. The molecule has 14 heavy (non-hydrogen) atoms. The van der Waals surface area contributed by atoms with Crippen molar-refractivity contribution in [2.75, 3.05) is 6.54 Å². The van der Waals surface area contributed by atoms with E-state index < -0.39 is 0 Å². The summed E-state index contributed by atoms with van der Waals surface area (Å²) >= 11 is 1.90. The van der Waals surface area contributed by atoms with Crippen molar-refractivity contribution in [1.82, 2.24) is 10.3 Å². The van der Waals surface area contributed by atoms with Gasteiger partial charge in [0.2, 0.25) is 0 Å². The maximum absolute atomic E-state index is 4.73. The van der Waals surface area contributed by atoms with Gasteiger partial charge in [-0.3, -0.25) is 0 Å². The lowest BCUT2D eigenvalue weighted by Gasteiger charge is -2.21. The summed E-state index contributed by atoms with van der Waals surface area (Å²) in [6.07, 6.45) is 2.28. The van der Waals surface area contributed by atoms with E-state index >= 15 is 0 Å². The van der Waals surface area contributed by atoms with Crippen LogP contribution in [0.3, 0.4) is 0 Å². The summed E-state index contributed by atoms with van der Waals surface area (Å²) in [7, 11) is 0. The van der Waals surface area contributed by atoms with Crippen LogP contribution in [0.15, 0.2) is 0 Å². The predicted molar refractivity (Wildman–Crippen MR) is 60.9 cm³/mol. The normalized spacial score (nSPS) is 21.3. The van der Waals surface area contributed by atoms with Crippen molar-refractivity contribution < 1.29 is 0 Å². The predicted octanol–water partition coefficient (Wildman–Crippen LogP) is 2.86. The third kappa shape index (κ3) is 1.71. The fraction of sp³-hybridized carbons (Fsp3) is 0.727. The van der Waals surface area contributed by atoms with Crippen LogP contribution in [0.1, 0.15) is 54.7 Å². The van der Waals surface area contributed by atoms with Gasteiger partial charge in [-0.25, -0.2) is 4.98 Å². The molecule has 1 aromatic heterocycles. The van der Waals surface area contributed by atoms with Gasteiger partial charge in [-0.2, -0.15) is 0 Å². The van der Waals surface area contributed by atoms with Crippen LogP contribution >= 0.6 is 11.3 Å². The Kier molecular flexibility index (Phi) is 2.88. The number of nitrogens with one attached hydrogen (secondary N) is 1. The van der Waals surface area contributed by atoms with Crippen molar-refractivity contribution in [2.45, 2.75) is 45.6 Å². The minimum atomic E-state index is 0.559. The molecular weight excluding hydrogens is 192 g/mol. The van der Waals surface area contributed by atoms with Crippen LogP contribution in [-0.2, 0) is 6.42 Å². The second-order valence-electron chi connectivity index (χ2n) is 4.18. The van der Waals surface area contributed by atoms with Crippen molar-refractivity contribution >= 4 is 11.3 Å². The number of rotatable bonds is 2. The topological polar surface area (TPSA) is 24.9 Å². The molecule has 0 unspecified atom stereocenters. The zero-order valence-corrected chi connectivity index (χ0v) is 9.95. The van der Waals surface area contributed by atoms with Gasteiger partial charge in [-0.05, 0) is 6.42 Å². The van der Waals surface area contributed by atoms with Crippen LogP contribution in [0.4, 0.5) is 0 Å². The fourth-order valence-corrected chi connectivity index (χ4v) is 3.14. The molecule has 1 aliphatic heterocycles. The molecule has 1 aromatic rings. The van der Waals surface area contributed by atoms with Crippen molar-refractivity contribution in [2.24, 2.45) is 0 Å². The highest BCUT2D eigenvalue weighted by Crippen LogP contribution is 2.33. The van der Waals surface area contributed by atoms with Gasteiger partial charge in [-0.15, -0.1) is 11.3 Å². The van der Waals surface area contributed by atoms with Gasteiger partial charge < -0.3 is 5.32 Å². The van der Waals surface area contributed by atoms with Gasteiger partial charge in [0.15, 0.2) is 0 Å². The summed E-state index contributed by atoms with van der Waals surface area (Å²) in [5.41, 5.74) is 1.35. The summed E-state index contributed by atoms with van der Waals surface area (Å²) in [6.45, 7) is 7.77. The molecule has 0 fully saturated rings. The van der Waals surface area contributed by atoms with Gasteiger partial charge in [0, 0.05) is 29.8 Å². The first kappa shape index (κ1) is 10.1. The molecule has 1 aliphatic rings. The summed E-state index contributed by atoms with van der Waals surface area (Å²) in [6, 6.07) is 0.559. The zero-order chi connectivity index (χ0) is 10.1. The van der Waals surface area contributed by atoms with E-state index in [4.69, 9.17) is 4.98 Å². The Morgan fingerprint density at radius 2 is 2.36 bits per heavy atom. The first-order valence-corrected chi connectivity index (χ1v) is 6.27. The largest absolute Gasteiger partial charge is 0.309 e. The lowest BCUT2D eigenvalue weighted by molar-refractivity contribution is 0.496. The van der Waals surface area contributed by atoms with E-state index in [1.165, 1.54) is 22.0 Å². The lowest BCUT2D eigenvalue weighted by atomic mass is 10.1. The quantitative estimate of drug-likeness (QED) is 0.812. The summed E-state index contributed by atoms with van der Waals surface area (Å²) in [5.74, 6) is 0.572. The average Bonchev–Trinajstić information content (AvgIpc) is 2.60. The minimum absolute atomic E-state index is 0.559. The molecule has 0 bridgehead atoms. The number of hydrogen-bond donors (Lipinski definition) is 1. The first-order chi connectivity index (χ1) is 6.72. The van der Waals surface area contributed by atoms with Crippen LogP contribution in [0.5, 0.6) is 0 Å². The number of thiazole rings is 1. The van der Waals surface area contributed by atoms with Gasteiger partial charge in [0.1, 0.15) is 0 Å². The highest BCUT2D eigenvalue weighted by atomic mass is 32.1. The van der Waals surface area contributed by atoms with Crippen molar-refractivity contribution in [1.29, 1.82) is 0 Å². The number of aromatic nitrogens is 1. The standard InChI is InChI=1S/C11H18N2S/c1-4-8-10-9(5-6-12-8)13-11(14-10)7(2)3/h7-8,12H,4-6H2,1-3H3/t8-/m1/s1. The van der Waals surface area contributed by atoms with Gasteiger partial charge in [0.05, 0.1) is 10.7 Å². The molecule has 0 spiro atoms. The lowest BCUT2D eigenvalue weighted by Crippen LogP contribution is -2.28. The van der Waals surface area contributed by atoms with Crippen LogP contribution in [0.25, 0.3) is 0 Å². The Hall–Kier alpha value is -0.410. The van der Waals surface area contributed by atoms with E-state index in [0.717, 1.165) is 13.0 Å². The first-order valence-electron chi connectivity index (χ1n) is 5.45. The molecule has 0 saturated carbocycles. The Bertz CT molecular complexity index is 317. The van der Waals surface area contributed by atoms with E-state index in [-0.39, 0.29) is 0 Å². The van der Waals surface area contributed by atoms with Gasteiger partial charge in [0.25, 0.3) is 0 Å². The average molecular weight is 210 g/mol. The van der Waals surface area contributed by atoms with Crippen LogP contribution in [-0.4, -0.2) is 11.5 Å². The SMILES string of the molecule is CC[C@H]1NCCc2nc(C(C)C)sc21.